The number of hydrogen-bond donors (Lipinski definition) is 1. The van der Waals surface area contributed by atoms with Gasteiger partial charge in [-0.1, -0.05) is 0 Å². The molecule has 1 N–H and O–H groups in total. The normalized spacial score (nSPS) is 10.8. The minimum Gasteiger partial charge on any atom is -0.493 e. The van der Waals surface area contributed by atoms with Gasteiger partial charge in [-0.3, -0.25) is 19.7 Å². The monoisotopic (exact) mass is 472 g/mol. The number of ether oxygens (including phenoxy) is 4. The zero-order chi connectivity index (χ0) is 24.8. The molecular formula is C20H19F3N2O8. The molecule has 0 fully saturated rings. The maximum atomic E-state index is 12.8. The van der Waals surface area contributed by atoms with E-state index in [1.807, 2.05) is 0 Å². The van der Waals surface area contributed by atoms with E-state index in [9.17, 15) is 32.9 Å². The van der Waals surface area contributed by atoms with Crippen molar-refractivity contribution in [1.29, 1.82) is 0 Å². The summed E-state index contributed by atoms with van der Waals surface area (Å²) >= 11 is 0. The lowest BCUT2D eigenvalue weighted by molar-refractivity contribution is -0.384. The van der Waals surface area contributed by atoms with E-state index in [0.29, 0.717) is 34.9 Å². The molecule has 2 rings (SSSR count). The Hall–Kier alpha value is -4.03. The average Bonchev–Trinajstić information content (AvgIpc) is 2.76. The number of carbonyl (C=O) groups is 2. The van der Waals surface area contributed by atoms with Gasteiger partial charge in [0.25, 0.3) is 11.6 Å². The molecule has 0 saturated carbocycles. The number of methoxy groups -OCH3 is 3. The standard InChI is InChI=1S/C20H19F3N2O8/c1-30-15-6-11(7-16(31-2)19(15)32-3)8-18(27)33-10-17(26)24-13-5-4-12(20(21,22)23)9-14(13)25(28)29/h4-7,9H,8,10H2,1-3H3,(H,24,26). The number of amides is 1. The van der Waals surface area contributed by atoms with Gasteiger partial charge < -0.3 is 24.3 Å². The number of nitrogens with one attached hydrogen (secondary N) is 1. The van der Waals surface area contributed by atoms with Crippen LogP contribution in [-0.4, -0.2) is 44.7 Å². The molecule has 0 bridgehead atoms. The van der Waals surface area contributed by atoms with Crippen LogP contribution in [0.15, 0.2) is 30.3 Å². The number of carbonyl (C=O) groups excluding carboxylic acids is 2. The van der Waals surface area contributed by atoms with Crippen LogP contribution in [0.1, 0.15) is 11.1 Å². The second-order valence-electron chi connectivity index (χ2n) is 6.41. The number of rotatable bonds is 9. The molecule has 0 aromatic heterocycles. The summed E-state index contributed by atoms with van der Waals surface area (Å²) in [6, 6.07) is 4.64. The topological polar surface area (TPSA) is 126 Å². The first-order valence-electron chi connectivity index (χ1n) is 9.10. The summed E-state index contributed by atoms with van der Waals surface area (Å²) in [6.07, 6.45) is -5.07. The third kappa shape index (κ3) is 6.48. The third-order valence-electron chi connectivity index (χ3n) is 4.23. The fraction of sp³-hybridized carbons (Fsp3) is 0.300. The van der Waals surface area contributed by atoms with Crippen LogP contribution in [-0.2, 0) is 26.9 Å². The Bertz CT molecular complexity index is 1030. The number of benzene rings is 2. The Morgan fingerprint density at radius 3 is 2.12 bits per heavy atom. The number of hydrogen-bond acceptors (Lipinski definition) is 8. The van der Waals surface area contributed by atoms with Crippen molar-refractivity contribution < 1.29 is 46.6 Å². The van der Waals surface area contributed by atoms with Crippen LogP contribution in [0.25, 0.3) is 0 Å². The van der Waals surface area contributed by atoms with Crippen LogP contribution in [0.4, 0.5) is 24.5 Å². The molecule has 0 aliphatic rings. The van der Waals surface area contributed by atoms with Crippen molar-refractivity contribution in [3.63, 3.8) is 0 Å². The molecule has 0 radical (unpaired) electrons. The smallest absolute Gasteiger partial charge is 0.416 e. The minimum atomic E-state index is -4.80. The predicted octanol–water partition coefficient (Wildman–Crippen LogP) is 3.36. The number of nitrogens with zero attached hydrogens (tertiary/aromatic N) is 1. The first kappa shape index (κ1) is 25.2. The van der Waals surface area contributed by atoms with Crippen LogP contribution in [0.2, 0.25) is 0 Å². The van der Waals surface area contributed by atoms with E-state index < -0.39 is 46.5 Å². The van der Waals surface area contributed by atoms with Crippen LogP contribution < -0.4 is 19.5 Å². The van der Waals surface area contributed by atoms with E-state index in [-0.39, 0.29) is 6.42 Å². The van der Waals surface area contributed by atoms with Gasteiger partial charge in [-0.2, -0.15) is 13.2 Å². The molecule has 0 unspecified atom stereocenters. The minimum absolute atomic E-state index is 0.273. The van der Waals surface area contributed by atoms with Gasteiger partial charge in [0.15, 0.2) is 18.1 Å². The summed E-state index contributed by atoms with van der Waals surface area (Å²) in [5, 5.41) is 13.1. The highest BCUT2D eigenvalue weighted by Gasteiger charge is 2.33. The number of esters is 1. The second-order valence-corrected chi connectivity index (χ2v) is 6.41. The predicted molar refractivity (Wildman–Crippen MR) is 107 cm³/mol. The zero-order valence-corrected chi connectivity index (χ0v) is 17.6. The van der Waals surface area contributed by atoms with E-state index in [2.05, 4.69) is 5.32 Å². The molecule has 2 aromatic carbocycles. The van der Waals surface area contributed by atoms with Crippen molar-refractivity contribution in [2.75, 3.05) is 33.3 Å². The van der Waals surface area contributed by atoms with Crippen LogP contribution >= 0.6 is 0 Å². The largest absolute Gasteiger partial charge is 0.493 e. The molecule has 0 saturated heterocycles. The number of halogens is 3. The van der Waals surface area contributed by atoms with E-state index in [0.717, 1.165) is 6.07 Å². The van der Waals surface area contributed by atoms with Gasteiger partial charge in [0.05, 0.1) is 38.2 Å². The molecule has 0 heterocycles. The second kappa shape index (κ2) is 10.5. The molecular weight excluding hydrogens is 453 g/mol. The Labute approximate surface area is 185 Å². The van der Waals surface area contributed by atoms with Gasteiger partial charge in [0, 0.05) is 6.07 Å². The van der Waals surface area contributed by atoms with Gasteiger partial charge in [0.1, 0.15) is 5.69 Å². The highest BCUT2D eigenvalue weighted by atomic mass is 19.4. The molecule has 1 amide bonds. The molecule has 178 valence electrons. The first-order valence-corrected chi connectivity index (χ1v) is 9.10. The zero-order valence-electron chi connectivity index (χ0n) is 17.6. The number of anilines is 1. The summed E-state index contributed by atoms with van der Waals surface area (Å²) in [6.45, 7) is -0.818. The lowest BCUT2D eigenvalue weighted by Gasteiger charge is -2.14. The molecule has 33 heavy (non-hydrogen) atoms. The van der Waals surface area contributed by atoms with Crippen molar-refractivity contribution in [3.05, 3.63) is 51.6 Å². The lowest BCUT2D eigenvalue weighted by Crippen LogP contribution is -2.22. The first-order chi connectivity index (χ1) is 15.5. The van der Waals surface area contributed by atoms with Crippen molar-refractivity contribution >= 4 is 23.3 Å². The Morgan fingerprint density at radius 2 is 1.64 bits per heavy atom. The molecule has 0 aliphatic heterocycles. The summed E-state index contributed by atoms with van der Waals surface area (Å²) in [7, 11) is 4.20. The SMILES string of the molecule is COc1cc(CC(=O)OCC(=O)Nc2ccc(C(F)(F)F)cc2[N+](=O)[O-])cc(OC)c1OC. The van der Waals surface area contributed by atoms with E-state index in [1.165, 1.54) is 33.5 Å². The molecule has 2 aromatic rings. The fourth-order valence-electron chi connectivity index (χ4n) is 2.75. The van der Waals surface area contributed by atoms with Gasteiger partial charge >= 0.3 is 12.1 Å². The maximum absolute atomic E-state index is 12.8. The van der Waals surface area contributed by atoms with Crippen molar-refractivity contribution in [2.45, 2.75) is 12.6 Å². The Kier molecular flexibility index (Phi) is 8.05. The number of nitro benzene ring substituents is 1. The summed E-state index contributed by atoms with van der Waals surface area (Å²) in [4.78, 5) is 34.1. The summed E-state index contributed by atoms with van der Waals surface area (Å²) < 4.78 is 58.7. The molecule has 0 atom stereocenters. The summed E-state index contributed by atoms with van der Waals surface area (Å²) in [5.41, 5.74) is -2.25. The fourth-order valence-corrected chi connectivity index (χ4v) is 2.75. The van der Waals surface area contributed by atoms with Gasteiger partial charge in [0.2, 0.25) is 5.75 Å². The van der Waals surface area contributed by atoms with E-state index in [1.54, 1.807) is 0 Å². The van der Waals surface area contributed by atoms with Crippen molar-refractivity contribution in [3.8, 4) is 17.2 Å². The van der Waals surface area contributed by atoms with Crippen LogP contribution in [0.3, 0.4) is 0 Å². The van der Waals surface area contributed by atoms with Crippen molar-refractivity contribution in [1.82, 2.24) is 0 Å². The van der Waals surface area contributed by atoms with E-state index >= 15 is 0 Å². The highest BCUT2D eigenvalue weighted by Crippen LogP contribution is 2.38. The van der Waals surface area contributed by atoms with Crippen molar-refractivity contribution in [2.24, 2.45) is 0 Å². The van der Waals surface area contributed by atoms with Gasteiger partial charge in [-0.25, -0.2) is 0 Å². The summed E-state index contributed by atoms with van der Waals surface area (Å²) in [5.74, 6) is -0.883. The number of nitro groups is 1. The third-order valence-corrected chi connectivity index (χ3v) is 4.23. The Morgan fingerprint density at radius 1 is 1.03 bits per heavy atom. The van der Waals surface area contributed by atoms with Crippen LogP contribution in [0.5, 0.6) is 17.2 Å². The quantitative estimate of drug-likeness (QED) is 0.335. The average molecular weight is 472 g/mol. The van der Waals surface area contributed by atoms with E-state index in [4.69, 9.17) is 18.9 Å². The lowest BCUT2D eigenvalue weighted by atomic mass is 10.1. The highest BCUT2D eigenvalue weighted by molar-refractivity contribution is 5.95. The van der Waals surface area contributed by atoms with Gasteiger partial charge in [-0.05, 0) is 29.8 Å². The van der Waals surface area contributed by atoms with Gasteiger partial charge in [-0.15, -0.1) is 0 Å². The Balaban J connectivity index is 2.04. The molecule has 0 aliphatic carbocycles. The number of alkyl halides is 3. The molecule has 0 spiro atoms. The maximum Gasteiger partial charge on any atom is 0.416 e. The van der Waals surface area contributed by atoms with Crippen LogP contribution in [0, 0.1) is 10.1 Å². The molecule has 13 heteroatoms. The molecule has 10 nitrogen and oxygen atoms in total.